The van der Waals surface area contributed by atoms with Crippen molar-refractivity contribution in [2.75, 3.05) is 0 Å². The van der Waals surface area contributed by atoms with E-state index >= 15 is 0 Å². The first kappa shape index (κ1) is 9.72. The Hall–Kier alpha value is -2.49. The zero-order chi connectivity index (χ0) is 11.8. The van der Waals surface area contributed by atoms with E-state index in [1.165, 1.54) is 6.33 Å². The summed E-state index contributed by atoms with van der Waals surface area (Å²) >= 11 is 0. The van der Waals surface area contributed by atoms with Gasteiger partial charge in [-0.25, -0.2) is 9.97 Å². The summed E-state index contributed by atoms with van der Waals surface area (Å²) in [6, 6.07) is 8.58. The van der Waals surface area contributed by atoms with Crippen molar-refractivity contribution in [1.82, 2.24) is 9.97 Å². The van der Waals surface area contributed by atoms with Gasteiger partial charge in [0.25, 0.3) is 0 Å². The molecule has 0 fully saturated rings. The smallest absolute Gasteiger partial charge is 0.199 e. The number of Topliss-reactive ketones (excluding diaryl/α,β-unsaturated/α-hetero) is 1. The third-order valence-corrected chi connectivity index (χ3v) is 2.73. The average Bonchev–Trinajstić information content (AvgIpc) is 2.64. The summed E-state index contributed by atoms with van der Waals surface area (Å²) in [6.45, 7) is 0. The van der Waals surface area contributed by atoms with Gasteiger partial charge in [0, 0.05) is 17.3 Å². The van der Waals surface area contributed by atoms with Gasteiger partial charge in [0.05, 0.1) is 11.3 Å². The van der Waals surface area contributed by atoms with Gasteiger partial charge in [-0.3, -0.25) is 4.79 Å². The minimum absolute atomic E-state index is 0.00991. The Bertz CT molecular complexity index is 633. The second-order valence-corrected chi connectivity index (χ2v) is 3.69. The van der Waals surface area contributed by atoms with Crippen LogP contribution in [0.15, 0.2) is 42.9 Å². The van der Waals surface area contributed by atoms with Crippen molar-refractivity contribution in [3.8, 4) is 0 Å². The van der Waals surface area contributed by atoms with E-state index < -0.39 is 0 Å². The number of carbonyl (C=O) groups is 1. The standard InChI is InChI=1S/C13H8N2O2/c16-12-8-3-1-2-4-9(8)13(17)11(12)10-5-6-14-7-15-10/h1-7,16H. The predicted molar refractivity (Wildman–Crippen MR) is 62.2 cm³/mol. The molecule has 0 spiro atoms. The summed E-state index contributed by atoms with van der Waals surface area (Å²) in [5.74, 6) is -0.207. The molecule has 3 rings (SSSR count). The Morgan fingerprint density at radius 2 is 1.82 bits per heavy atom. The van der Waals surface area contributed by atoms with Crippen molar-refractivity contribution in [2.45, 2.75) is 0 Å². The zero-order valence-electron chi connectivity index (χ0n) is 8.79. The molecule has 17 heavy (non-hydrogen) atoms. The lowest BCUT2D eigenvalue weighted by atomic mass is 10.1. The third-order valence-electron chi connectivity index (χ3n) is 2.73. The molecule has 4 nitrogen and oxygen atoms in total. The lowest BCUT2D eigenvalue weighted by Gasteiger charge is -1.99. The number of benzene rings is 1. The van der Waals surface area contributed by atoms with Crippen LogP contribution in [-0.4, -0.2) is 20.9 Å². The quantitative estimate of drug-likeness (QED) is 0.805. The number of aliphatic hydroxyl groups is 1. The summed E-state index contributed by atoms with van der Waals surface area (Å²) in [5, 5.41) is 10.1. The molecule has 0 saturated carbocycles. The van der Waals surface area contributed by atoms with E-state index in [9.17, 15) is 9.90 Å². The number of fused-ring (bicyclic) bond motifs is 1. The molecular weight excluding hydrogens is 216 g/mol. The SMILES string of the molecule is O=C1C(c2ccncn2)=C(O)c2ccccc21. The normalized spacial score (nSPS) is 14.0. The highest BCUT2D eigenvalue weighted by Gasteiger charge is 2.30. The molecule has 0 amide bonds. The van der Waals surface area contributed by atoms with E-state index in [0.717, 1.165) is 0 Å². The number of aliphatic hydroxyl groups excluding tert-OH is 1. The lowest BCUT2D eigenvalue weighted by Crippen LogP contribution is -2.00. The van der Waals surface area contributed by atoms with Crippen LogP contribution in [0.5, 0.6) is 0 Å². The first-order valence-corrected chi connectivity index (χ1v) is 5.13. The van der Waals surface area contributed by atoms with Crippen LogP contribution < -0.4 is 0 Å². The molecule has 1 heterocycles. The topological polar surface area (TPSA) is 63.1 Å². The molecule has 0 bridgehead atoms. The van der Waals surface area contributed by atoms with E-state index in [0.29, 0.717) is 16.8 Å². The number of hydrogen-bond acceptors (Lipinski definition) is 4. The number of nitrogens with zero attached hydrogens (tertiary/aromatic N) is 2. The summed E-state index contributed by atoms with van der Waals surface area (Å²) in [6.07, 6.45) is 2.89. The van der Waals surface area contributed by atoms with Crippen LogP contribution in [0.25, 0.3) is 11.3 Å². The van der Waals surface area contributed by atoms with Crippen molar-refractivity contribution in [1.29, 1.82) is 0 Å². The van der Waals surface area contributed by atoms with Crippen molar-refractivity contribution in [2.24, 2.45) is 0 Å². The van der Waals surface area contributed by atoms with Gasteiger partial charge in [-0.15, -0.1) is 0 Å². The molecule has 1 aliphatic carbocycles. The van der Waals surface area contributed by atoms with Crippen molar-refractivity contribution < 1.29 is 9.90 Å². The van der Waals surface area contributed by atoms with E-state index in [4.69, 9.17) is 0 Å². The summed E-state index contributed by atoms with van der Waals surface area (Å²) in [5.41, 5.74) is 1.76. The van der Waals surface area contributed by atoms with Crippen molar-refractivity contribution in [3.05, 3.63) is 59.7 Å². The maximum absolute atomic E-state index is 12.1. The molecule has 82 valence electrons. The van der Waals surface area contributed by atoms with Crippen LogP contribution in [-0.2, 0) is 0 Å². The summed E-state index contributed by atoms with van der Waals surface area (Å²) in [4.78, 5) is 19.9. The zero-order valence-corrected chi connectivity index (χ0v) is 8.79. The number of hydrogen-bond donors (Lipinski definition) is 1. The minimum atomic E-state index is -0.197. The van der Waals surface area contributed by atoms with Gasteiger partial charge < -0.3 is 5.11 Å². The highest BCUT2D eigenvalue weighted by molar-refractivity contribution is 6.38. The maximum Gasteiger partial charge on any atom is 0.199 e. The monoisotopic (exact) mass is 224 g/mol. The van der Waals surface area contributed by atoms with Crippen molar-refractivity contribution in [3.63, 3.8) is 0 Å². The summed E-state index contributed by atoms with van der Waals surface area (Å²) < 4.78 is 0. The highest BCUT2D eigenvalue weighted by Crippen LogP contribution is 2.35. The lowest BCUT2D eigenvalue weighted by molar-refractivity contribution is 0.105. The molecule has 1 aliphatic rings. The molecule has 0 unspecified atom stereocenters. The fourth-order valence-corrected chi connectivity index (χ4v) is 1.94. The molecule has 1 aromatic heterocycles. The van der Waals surface area contributed by atoms with E-state index in [1.54, 1.807) is 36.5 Å². The number of allylic oxidation sites excluding steroid dienone is 1. The minimum Gasteiger partial charge on any atom is -0.506 e. The van der Waals surface area contributed by atoms with Gasteiger partial charge in [0.15, 0.2) is 5.78 Å². The van der Waals surface area contributed by atoms with Crippen LogP contribution in [0, 0.1) is 0 Å². The molecule has 0 atom stereocenters. The van der Waals surface area contributed by atoms with Gasteiger partial charge in [0.1, 0.15) is 12.1 Å². The van der Waals surface area contributed by atoms with Crippen LogP contribution in [0.4, 0.5) is 0 Å². The number of aromatic nitrogens is 2. The Labute approximate surface area is 97.3 Å². The predicted octanol–water partition coefficient (Wildman–Crippen LogP) is 2.10. The first-order valence-electron chi connectivity index (χ1n) is 5.13. The first-order chi connectivity index (χ1) is 8.29. The Morgan fingerprint density at radius 1 is 1.06 bits per heavy atom. The molecule has 0 radical (unpaired) electrons. The number of ketones is 1. The fourth-order valence-electron chi connectivity index (χ4n) is 1.94. The fraction of sp³-hybridized carbons (Fsp3) is 0. The van der Waals surface area contributed by atoms with Crippen LogP contribution in [0.2, 0.25) is 0 Å². The molecule has 2 aromatic rings. The third kappa shape index (κ3) is 1.34. The van der Waals surface area contributed by atoms with E-state index in [1.807, 2.05) is 0 Å². The van der Waals surface area contributed by atoms with Gasteiger partial charge in [-0.2, -0.15) is 0 Å². The van der Waals surface area contributed by atoms with Crippen LogP contribution in [0.1, 0.15) is 21.6 Å². The van der Waals surface area contributed by atoms with Gasteiger partial charge in [-0.05, 0) is 6.07 Å². The number of rotatable bonds is 1. The Morgan fingerprint density at radius 3 is 2.47 bits per heavy atom. The largest absolute Gasteiger partial charge is 0.506 e. The molecule has 1 aromatic carbocycles. The van der Waals surface area contributed by atoms with Crippen LogP contribution in [0.3, 0.4) is 0 Å². The van der Waals surface area contributed by atoms with Gasteiger partial charge in [0.2, 0.25) is 0 Å². The average molecular weight is 224 g/mol. The molecular formula is C13H8N2O2. The Balaban J connectivity index is 2.22. The van der Waals surface area contributed by atoms with Crippen LogP contribution >= 0.6 is 0 Å². The summed E-state index contributed by atoms with van der Waals surface area (Å²) in [7, 11) is 0. The molecule has 4 heteroatoms. The van der Waals surface area contributed by atoms with E-state index in [-0.39, 0.29) is 17.1 Å². The second-order valence-electron chi connectivity index (χ2n) is 3.69. The molecule has 0 aliphatic heterocycles. The van der Waals surface area contributed by atoms with E-state index in [2.05, 4.69) is 9.97 Å². The molecule has 0 saturated heterocycles. The molecule has 1 N–H and O–H groups in total. The van der Waals surface area contributed by atoms with Gasteiger partial charge in [-0.1, -0.05) is 24.3 Å². The van der Waals surface area contributed by atoms with Gasteiger partial charge >= 0.3 is 0 Å². The maximum atomic E-state index is 12.1. The highest BCUT2D eigenvalue weighted by atomic mass is 16.3. The van der Waals surface area contributed by atoms with Crippen molar-refractivity contribution >= 4 is 17.1 Å². The second kappa shape index (κ2) is 3.52. The number of carbonyl (C=O) groups excluding carboxylic acids is 1. The Kier molecular flexibility index (Phi) is 2.01.